The number of benzene rings is 2. The average Bonchev–Trinajstić information content (AvgIpc) is 3.16. The summed E-state index contributed by atoms with van der Waals surface area (Å²) in [5, 5.41) is 28.0. The average molecular weight is 459 g/mol. The molecule has 3 aromatic rings. The van der Waals surface area contributed by atoms with E-state index in [0.717, 1.165) is 22.2 Å². The molecule has 0 saturated carbocycles. The number of aliphatic hydroxyl groups excluding tert-OH is 1. The first kappa shape index (κ1) is 21.1. The third kappa shape index (κ3) is 3.52. The number of likely N-dealkylation sites (tertiary alicyclic amines) is 1. The topological polar surface area (TPSA) is 81.5 Å². The van der Waals surface area contributed by atoms with Crippen LogP contribution in [-0.2, 0) is 11.1 Å². The smallest absolute Gasteiger partial charge is 0.116 e. The summed E-state index contributed by atoms with van der Waals surface area (Å²) in [5.74, 6) is 0. The summed E-state index contributed by atoms with van der Waals surface area (Å²) in [6.07, 6.45) is 2.01. The summed E-state index contributed by atoms with van der Waals surface area (Å²) < 4.78 is 0. The van der Waals surface area contributed by atoms with Gasteiger partial charge in [0, 0.05) is 41.6 Å². The lowest BCUT2D eigenvalue weighted by molar-refractivity contribution is -0.0797. The fourth-order valence-electron chi connectivity index (χ4n) is 5.10. The quantitative estimate of drug-likeness (QED) is 0.559. The first-order valence-electron chi connectivity index (χ1n) is 10.5. The van der Waals surface area contributed by atoms with Gasteiger partial charge in [0.15, 0.2) is 0 Å². The number of hydrogen-bond donors (Lipinski definition) is 3. The number of nitrogens with zero attached hydrogens (tertiary/aromatic N) is 3. The van der Waals surface area contributed by atoms with E-state index in [1.54, 1.807) is 0 Å². The van der Waals surface area contributed by atoms with Crippen molar-refractivity contribution in [2.24, 2.45) is 0 Å². The summed E-state index contributed by atoms with van der Waals surface area (Å²) in [4.78, 5) is 11.3. The number of hydrogen-bond acceptors (Lipinski definition) is 6. The van der Waals surface area contributed by atoms with Crippen LogP contribution in [0, 0.1) is 0 Å². The Morgan fingerprint density at radius 2 is 1.71 bits per heavy atom. The van der Waals surface area contributed by atoms with Crippen molar-refractivity contribution in [1.29, 1.82) is 0 Å². The molecule has 0 amide bonds. The molecule has 31 heavy (non-hydrogen) atoms. The van der Waals surface area contributed by atoms with Crippen molar-refractivity contribution in [3.8, 4) is 0 Å². The Bertz CT molecular complexity index is 1100. The van der Waals surface area contributed by atoms with Crippen molar-refractivity contribution in [2.75, 3.05) is 26.2 Å². The Balaban J connectivity index is 1.51. The van der Waals surface area contributed by atoms with Crippen LogP contribution in [-0.4, -0.2) is 57.4 Å². The molecule has 2 saturated heterocycles. The van der Waals surface area contributed by atoms with Crippen LogP contribution in [0.5, 0.6) is 0 Å². The number of nitrogens with one attached hydrogen (secondary N) is 1. The molecule has 0 bridgehead atoms. The zero-order chi connectivity index (χ0) is 21.6. The summed E-state index contributed by atoms with van der Waals surface area (Å²) in [7, 11) is 0. The van der Waals surface area contributed by atoms with Crippen LogP contribution in [0.1, 0.15) is 24.1 Å². The summed E-state index contributed by atoms with van der Waals surface area (Å²) in [6, 6.07) is 13.0. The number of piperidine rings is 1. The van der Waals surface area contributed by atoms with Crippen LogP contribution in [0.4, 0.5) is 0 Å². The van der Waals surface area contributed by atoms with E-state index in [1.807, 2.05) is 42.5 Å². The monoisotopic (exact) mass is 458 g/mol. The second-order valence-corrected chi connectivity index (χ2v) is 9.35. The highest BCUT2D eigenvalue weighted by Gasteiger charge is 2.52. The maximum absolute atomic E-state index is 11.3. The van der Waals surface area contributed by atoms with Gasteiger partial charge in [-0.25, -0.2) is 9.97 Å². The van der Waals surface area contributed by atoms with Gasteiger partial charge >= 0.3 is 0 Å². The molecule has 0 aliphatic carbocycles. The van der Waals surface area contributed by atoms with Gasteiger partial charge in [-0.15, -0.1) is 0 Å². The second-order valence-electron chi connectivity index (χ2n) is 8.48. The number of aromatic nitrogens is 2. The van der Waals surface area contributed by atoms with E-state index in [4.69, 9.17) is 23.2 Å². The molecule has 5 rings (SSSR count). The third-order valence-electron chi connectivity index (χ3n) is 6.83. The van der Waals surface area contributed by atoms with Crippen molar-refractivity contribution in [1.82, 2.24) is 20.2 Å². The first-order chi connectivity index (χ1) is 14.9. The first-order valence-corrected chi connectivity index (χ1v) is 11.2. The molecule has 2 aromatic carbocycles. The lowest BCUT2D eigenvalue weighted by Gasteiger charge is -2.48. The third-order valence-corrected chi connectivity index (χ3v) is 7.32. The van der Waals surface area contributed by atoms with Gasteiger partial charge in [-0.05, 0) is 48.7 Å². The van der Waals surface area contributed by atoms with Gasteiger partial charge in [-0.1, -0.05) is 35.3 Å². The molecular weight excluding hydrogens is 435 g/mol. The van der Waals surface area contributed by atoms with Gasteiger partial charge in [0.1, 0.15) is 11.9 Å². The molecular formula is C23H24Cl2N4O2. The van der Waals surface area contributed by atoms with Crippen molar-refractivity contribution in [3.63, 3.8) is 0 Å². The maximum atomic E-state index is 11.3. The van der Waals surface area contributed by atoms with Crippen LogP contribution in [0.3, 0.4) is 0 Å². The Labute approximate surface area is 190 Å². The van der Waals surface area contributed by atoms with Gasteiger partial charge in [-0.2, -0.15) is 0 Å². The molecule has 3 N–H and O–H groups in total. The van der Waals surface area contributed by atoms with Crippen molar-refractivity contribution in [2.45, 2.75) is 30.1 Å². The highest BCUT2D eigenvalue weighted by Crippen LogP contribution is 2.42. The molecule has 2 atom stereocenters. The Kier molecular flexibility index (Phi) is 5.41. The normalized spacial score (nSPS) is 26.4. The lowest BCUT2D eigenvalue weighted by atomic mass is 9.80. The van der Waals surface area contributed by atoms with Crippen LogP contribution < -0.4 is 5.32 Å². The van der Waals surface area contributed by atoms with E-state index in [0.29, 0.717) is 49.1 Å². The molecule has 2 aliphatic heterocycles. The van der Waals surface area contributed by atoms with E-state index in [1.165, 1.54) is 6.33 Å². The number of aliphatic hydroxyl groups is 2. The molecule has 162 valence electrons. The van der Waals surface area contributed by atoms with Crippen LogP contribution in [0.2, 0.25) is 10.0 Å². The summed E-state index contributed by atoms with van der Waals surface area (Å²) in [6.45, 7) is 2.30. The summed E-state index contributed by atoms with van der Waals surface area (Å²) >= 11 is 12.2. The minimum absolute atomic E-state index is 0.483. The van der Waals surface area contributed by atoms with Crippen LogP contribution >= 0.6 is 23.2 Å². The van der Waals surface area contributed by atoms with E-state index < -0.39 is 17.2 Å². The molecule has 3 heterocycles. The minimum Gasteiger partial charge on any atom is -0.389 e. The second kappa shape index (κ2) is 7.96. The zero-order valence-corrected chi connectivity index (χ0v) is 18.4. The van der Waals surface area contributed by atoms with Crippen LogP contribution in [0.15, 0.2) is 48.8 Å². The molecule has 0 radical (unpaired) electrons. The minimum atomic E-state index is -0.916. The fourth-order valence-corrected chi connectivity index (χ4v) is 5.39. The standard InChI is InChI=1S/C23H24Cl2N4O2/c24-16-3-1-15(2-4-16)22(31)7-9-29(10-8-22)23(13-26-12-20(23)30)21-18-6-5-17(25)11-19(18)27-14-28-21/h1-6,11,14,20,26,30-31H,7-10,12-13H2/t20-,23+/m0/s1. The molecule has 2 fully saturated rings. The van der Waals surface area contributed by atoms with Crippen molar-refractivity contribution >= 4 is 34.1 Å². The SMILES string of the molecule is O[C@H]1CNC[C@@]1(c1ncnc2cc(Cl)ccc12)N1CCC(O)(c2ccc(Cl)cc2)CC1. The van der Waals surface area contributed by atoms with Gasteiger partial charge < -0.3 is 15.5 Å². The highest BCUT2D eigenvalue weighted by molar-refractivity contribution is 6.31. The lowest BCUT2D eigenvalue weighted by Crippen LogP contribution is -2.58. The largest absolute Gasteiger partial charge is 0.389 e. The van der Waals surface area contributed by atoms with Gasteiger partial charge in [0.25, 0.3) is 0 Å². The number of β-amino-alcohol motifs (C(OH)–C–C–N with tert-alkyl or cyclic N) is 1. The van der Waals surface area contributed by atoms with Crippen LogP contribution in [0.25, 0.3) is 10.9 Å². The Morgan fingerprint density at radius 1 is 1.00 bits per heavy atom. The predicted molar refractivity (Wildman–Crippen MR) is 121 cm³/mol. The van der Waals surface area contributed by atoms with E-state index in [-0.39, 0.29) is 0 Å². The van der Waals surface area contributed by atoms with E-state index in [9.17, 15) is 10.2 Å². The Hall–Kier alpha value is -1.80. The summed E-state index contributed by atoms with van der Waals surface area (Å²) in [5.41, 5.74) is 0.809. The van der Waals surface area contributed by atoms with Gasteiger partial charge in [-0.3, -0.25) is 4.90 Å². The van der Waals surface area contributed by atoms with Gasteiger partial charge in [0.2, 0.25) is 0 Å². The maximum Gasteiger partial charge on any atom is 0.116 e. The molecule has 2 aliphatic rings. The molecule has 0 spiro atoms. The molecule has 1 aromatic heterocycles. The van der Waals surface area contributed by atoms with E-state index in [2.05, 4.69) is 20.2 Å². The molecule has 6 nitrogen and oxygen atoms in total. The zero-order valence-electron chi connectivity index (χ0n) is 16.9. The number of fused-ring (bicyclic) bond motifs is 1. The predicted octanol–water partition coefficient (Wildman–Crippen LogP) is 3.08. The Morgan fingerprint density at radius 3 is 2.39 bits per heavy atom. The van der Waals surface area contributed by atoms with Crippen molar-refractivity contribution < 1.29 is 10.2 Å². The number of rotatable bonds is 3. The number of halogens is 2. The van der Waals surface area contributed by atoms with E-state index >= 15 is 0 Å². The highest BCUT2D eigenvalue weighted by atomic mass is 35.5. The van der Waals surface area contributed by atoms with Crippen molar-refractivity contribution in [3.05, 3.63) is 70.1 Å². The van der Waals surface area contributed by atoms with Gasteiger partial charge in [0.05, 0.1) is 22.9 Å². The molecule has 8 heteroatoms. The molecule has 0 unspecified atom stereocenters. The fraction of sp³-hybridized carbons (Fsp3) is 0.391.